The maximum atomic E-state index is 11.3. The molecule has 0 saturated heterocycles. The number of hydrogen-bond acceptors (Lipinski definition) is 4. The van der Waals surface area contributed by atoms with Crippen molar-refractivity contribution in [3.63, 3.8) is 0 Å². The van der Waals surface area contributed by atoms with E-state index in [0.717, 1.165) is 22.9 Å². The monoisotopic (exact) mass is 288 g/mol. The Bertz CT molecular complexity index is 702. The number of ether oxygens (including phenoxy) is 1. The van der Waals surface area contributed by atoms with E-state index in [1.807, 2.05) is 32.0 Å². The van der Waals surface area contributed by atoms with Crippen LogP contribution in [0.4, 0.5) is 0 Å². The zero-order valence-corrected chi connectivity index (χ0v) is 11.8. The number of carboxylic acids is 1. The maximum Gasteiger partial charge on any atom is 0.354 e. The third-order valence-electron chi connectivity index (χ3n) is 2.81. The smallest absolute Gasteiger partial charge is 0.354 e. The van der Waals surface area contributed by atoms with Crippen molar-refractivity contribution in [3.05, 3.63) is 57.3 Å². The summed E-state index contributed by atoms with van der Waals surface area (Å²) < 4.78 is 5.60. The summed E-state index contributed by atoms with van der Waals surface area (Å²) in [6.45, 7) is 4.26. The first-order chi connectivity index (χ1) is 9.94. The van der Waals surface area contributed by atoms with Crippen LogP contribution < -0.4 is 10.3 Å². The molecular weight excluding hydrogens is 272 g/mol. The minimum absolute atomic E-state index is 0.264. The Kier molecular flexibility index (Phi) is 4.37. The summed E-state index contributed by atoms with van der Waals surface area (Å²) in [4.78, 5) is 28.5. The van der Waals surface area contributed by atoms with Crippen LogP contribution in [0.3, 0.4) is 0 Å². The van der Waals surface area contributed by atoms with E-state index in [4.69, 9.17) is 9.84 Å². The Hall–Kier alpha value is -2.63. The highest BCUT2D eigenvalue weighted by Gasteiger charge is 2.08. The van der Waals surface area contributed by atoms with Crippen molar-refractivity contribution in [1.29, 1.82) is 0 Å². The zero-order valence-electron chi connectivity index (χ0n) is 11.8. The van der Waals surface area contributed by atoms with Crippen molar-refractivity contribution >= 4 is 5.97 Å². The van der Waals surface area contributed by atoms with Crippen molar-refractivity contribution in [2.24, 2.45) is 0 Å². The molecule has 0 bridgehead atoms. The van der Waals surface area contributed by atoms with Gasteiger partial charge in [0.25, 0.3) is 5.56 Å². The van der Waals surface area contributed by atoms with E-state index in [2.05, 4.69) is 9.97 Å². The summed E-state index contributed by atoms with van der Waals surface area (Å²) in [7, 11) is 0. The van der Waals surface area contributed by atoms with E-state index < -0.39 is 11.5 Å². The van der Waals surface area contributed by atoms with Crippen molar-refractivity contribution in [2.75, 3.05) is 6.61 Å². The van der Waals surface area contributed by atoms with Gasteiger partial charge in [-0.2, -0.15) is 0 Å². The molecule has 1 aromatic heterocycles. The molecule has 0 spiro atoms. The standard InChI is InChI=1S/C15H16N2O4/c1-9-5-10(2)7-11(6-9)21-4-3-13-16-12(15(19)20)8-14(18)17-13/h5-8H,3-4H2,1-2H3,(H,19,20)(H,16,17,18). The van der Waals surface area contributed by atoms with Gasteiger partial charge in [0.2, 0.25) is 0 Å². The number of aromatic amines is 1. The lowest BCUT2D eigenvalue weighted by molar-refractivity contribution is 0.0689. The molecule has 21 heavy (non-hydrogen) atoms. The summed E-state index contributed by atoms with van der Waals surface area (Å²) in [5.41, 5.74) is 1.46. The molecule has 0 radical (unpaired) electrons. The van der Waals surface area contributed by atoms with E-state index in [-0.39, 0.29) is 5.69 Å². The number of hydrogen-bond donors (Lipinski definition) is 2. The lowest BCUT2D eigenvalue weighted by Gasteiger charge is -2.08. The minimum atomic E-state index is -1.22. The van der Waals surface area contributed by atoms with Gasteiger partial charge < -0.3 is 14.8 Å². The van der Waals surface area contributed by atoms with Crippen LogP contribution >= 0.6 is 0 Å². The average molecular weight is 288 g/mol. The Labute approximate surface area is 121 Å². The maximum absolute atomic E-state index is 11.3. The average Bonchev–Trinajstić information content (AvgIpc) is 2.36. The van der Waals surface area contributed by atoms with Crippen LogP contribution in [0.15, 0.2) is 29.1 Å². The third-order valence-corrected chi connectivity index (χ3v) is 2.81. The van der Waals surface area contributed by atoms with Gasteiger partial charge in [-0.05, 0) is 37.1 Å². The van der Waals surface area contributed by atoms with Crippen LogP contribution in [0.2, 0.25) is 0 Å². The molecule has 1 heterocycles. The van der Waals surface area contributed by atoms with Gasteiger partial charge >= 0.3 is 5.97 Å². The van der Waals surface area contributed by atoms with Gasteiger partial charge in [-0.15, -0.1) is 0 Å². The Morgan fingerprint density at radius 2 is 1.90 bits per heavy atom. The lowest BCUT2D eigenvalue weighted by atomic mass is 10.1. The Morgan fingerprint density at radius 3 is 2.52 bits per heavy atom. The number of aromatic nitrogens is 2. The second-order valence-corrected chi connectivity index (χ2v) is 4.80. The third kappa shape index (κ3) is 4.17. The predicted octanol–water partition coefficient (Wildman–Crippen LogP) is 1.71. The quantitative estimate of drug-likeness (QED) is 0.873. The highest BCUT2D eigenvalue weighted by atomic mass is 16.5. The second-order valence-electron chi connectivity index (χ2n) is 4.80. The number of benzene rings is 1. The number of carbonyl (C=O) groups is 1. The fraction of sp³-hybridized carbons (Fsp3) is 0.267. The highest BCUT2D eigenvalue weighted by Crippen LogP contribution is 2.16. The summed E-state index contributed by atoms with van der Waals surface area (Å²) in [6.07, 6.45) is 0.323. The molecule has 6 nitrogen and oxygen atoms in total. The number of aromatic carboxylic acids is 1. The molecule has 2 aromatic rings. The van der Waals surface area contributed by atoms with Crippen LogP contribution in [-0.4, -0.2) is 27.7 Å². The largest absolute Gasteiger partial charge is 0.493 e. The molecule has 0 saturated carbocycles. The number of nitrogens with one attached hydrogen (secondary N) is 1. The Morgan fingerprint density at radius 1 is 1.24 bits per heavy atom. The van der Waals surface area contributed by atoms with Crippen LogP contribution in [0.1, 0.15) is 27.4 Å². The van der Waals surface area contributed by atoms with Gasteiger partial charge in [0.1, 0.15) is 11.6 Å². The molecule has 0 aliphatic carbocycles. The second kappa shape index (κ2) is 6.21. The summed E-state index contributed by atoms with van der Waals surface area (Å²) in [5, 5.41) is 8.85. The van der Waals surface area contributed by atoms with E-state index in [1.54, 1.807) is 0 Å². The summed E-state index contributed by atoms with van der Waals surface area (Å²) in [6, 6.07) is 6.83. The highest BCUT2D eigenvalue weighted by molar-refractivity contribution is 5.85. The molecule has 0 aliphatic heterocycles. The molecule has 2 N–H and O–H groups in total. The van der Waals surface area contributed by atoms with Crippen LogP contribution in [0, 0.1) is 13.8 Å². The molecule has 0 aliphatic rings. The number of aryl methyl sites for hydroxylation is 2. The normalized spacial score (nSPS) is 10.4. The molecule has 2 rings (SSSR count). The van der Waals surface area contributed by atoms with Crippen molar-refractivity contribution in [3.8, 4) is 5.75 Å². The molecule has 110 valence electrons. The van der Waals surface area contributed by atoms with Gasteiger partial charge in [0.15, 0.2) is 5.69 Å². The SMILES string of the molecule is Cc1cc(C)cc(OCCc2nc(C(=O)O)cc(=O)[nH]2)c1. The number of H-pyrrole nitrogens is 1. The van der Waals surface area contributed by atoms with E-state index in [9.17, 15) is 9.59 Å². The number of rotatable bonds is 5. The molecule has 1 aromatic carbocycles. The van der Waals surface area contributed by atoms with Gasteiger partial charge in [-0.3, -0.25) is 4.79 Å². The predicted molar refractivity (Wildman–Crippen MR) is 76.9 cm³/mol. The number of nitrogens with zero attached hydrogens (tertiary/aromatic N) is 1. The van der Waals surface area contributed by atoms with E-state index in [0.29, 0.717) is 18.9 Å². The molecular formula is C15H16N2O4. The lowest BCUT2D eigenvalue weighted by Crippen LogP contribution is -2.17. The zero-order chi connectivity index (χ0) is 15.4. The molecule has 0 fully saturated rings. The van der Waals surface area contributed by atoms with Gasteiger partial charge in [-0.1, -0.05) is 6.07 Å². The van der Waals surface area contributed by atoms with Crippen LogP contribution in [0.5, 0.6) is 5.75 Å². The first-order valence-corrected chi connectivity index (χ1v) is 6.48. The van der Waals surface area contributed by atoms with Crippen molar-refractivity contribution < 1.29 is 14.6 Å². The Balaban J connectivity index is 2.03. The molecule has 0 unspecified atom stereocenters. The van der Waals surface area contributed by atoms with Crippen molar-refractivity contribution in [2.45, 2.75) is 20.3 Å². The summed E-state index contributed by atoms with van der Waals surface area (Å²) >= 11 is 0. The minimum Gasteiger partial charge on any atom is -0.493 e. The van der Waals surface area contributed by atoms with Crippen LogP contribution in [0.25, 0.3) is 0 Å². The van der Waals surface area contributed by atoms with E-state index >= 15 is 0 Å². The van der Waals surface area contributed by atoms with Gasteiger partial charge in [-0.25, -0.2) is 9.78 Å². The van der Waals surface area contributed by atoms with Gasteiger partial charge in [0, 0.05) is 12.5 Å². The van der Waals surface area contributed by atoms with Crippen molar-refractivity contribution in [1.82, 2.24) is 9.97 Å². The fourth-order valence-corrected chi connectivity index (χ4v) is 2.02. The van der Waals surface area contributed by atoms with E-state index in [1.165, 1.54) is 0 Å². The molecule has 0 atom stereocenters. The first-order valence-electron chi connectivity index (χ1n) is 6.48. The molecule has 0 amide bonds. The van der Waals surface area contributed by atoms with Crippen LogP contribution in [-0.2, 0) is 6.42 Å². The molecule has 6 heteroatoms. The summed E-state index contributed by atoms with van der Waals surface area (Å²) in [5.74, 6) is -0.189. The first kappa shape index (κ1) is 14.8. The number of carboxylic acid groups (broad SMARTS) is 1. The topological polar surface area (TPSA) is 92.3 Å². The fourth-order valence-electron chi connectivity index (χ4n) is 2.02. The van der Waals surface area contributed by atoms with Gasteiger partial charge in [0.05, 0.1) is 6.61 Å².